The van der Waals surface area contributed by atoms with Crippen LogP contribution in [0.2, 0.25) is 5.02 Å². The molecule has 2 aromatic rings. The zero-order valence-corrected chi connectivity index (χ0v) is 13.7. The number of fused-ring (bicyclic) bond motifs is 2. The quantitative estimate of drug-likeness (QED) is 0.924. The van der Waals surface area contributed by atoms with Gasteiger partial charge >= 0.3 is 0 Å². The Hall–Kier alpha value is -1.07. The van der Waals surface area contributed by atoms with Crippen LogP contribution in [0.3, 0.4) is 0 Å². The molecule has 0 saturated heterocycles. The lowest BCUT2D eigenvalue weighted by Gasteiger charge is -2.32. The van der Waals surface area contributed by atoms with Gasteiger partial charge in [-0.05, 0) is 43.3 Å². The van der Waals surface area contributed by atoms with E-state index in [1.807, 2.05) is 36.4 Å². The zero-order valence-electron chi connectivity index (χ0n) is 11.3. The van der Waals surface area contributed by atoms with Crippen LogP contribution in [-0.2, 0) is 10.8 Å². The Kier molecular flexibility index (Phi) is 5.27. The van der Waals surface area contributed by atoms with Gasteiger partial charge in [0.05, 0.1) is 32.0 Å². The van der Waals surface area contributed by atoms with E-state index in [1.165, 1.54) is 0 Å². The third-order valence-corrected chi connectivity index (χ3v) is 5.08. The van der Waals surface area contributed by atoms with Crippen LogP contribution in [0.5, 0.6) is 0 Å². The molecule has 112 valence electrons. The molecule has 2 N–H and O–H groups in total. The second-order valence-electron chi connectivity index (χ2n) is 4.64. The van der Waals surface area contributed by atoms with Crippen molar-refractivity contribution in [2.24, 2.45) is 5.73 Å². The van der Waals surface area contributed by atoms with E-state index in [1.54, 1.807) is 6.07 Å². The molecule has 1 heterocycles. The van der Waals surface area contributed by atoms with E-state index in [9.17, 15) is 4.21 Å². The second kappa shape index (κ2) is 6.79. The van der Waals surface area contributed by atoms with Gasteiger partial charge in [-0.25, -0.2) is 4.21 Å². The fraction of sp³-hybridized carbons (Fsp3) is 0.200. The molecule has 0 amide bonds. The standard InChI is InChI=1S/C15H15ClN2OS.ClH/c16-11-6-7-15-13(10-11)18(9-3-8-17)12-4-1-2-5-14(12)20(15)19;/h1-2,4-7,10H,3,8-9,17H2;1H. The van der Waals surface area contributed by atoms with Crippen LogP contribution in [0.4, 0.5) is 11.4 Å². The number of para-hydroxylation sites is 1. The number of anilines is 2. The summed E-state index contributed by atoms with van der Waals surface area (Å²) in [6.07, 6.45) is 0.868. The van der Waals surface area contributed by atoms with E-state index in [-0.39, 0.29) is 12.4 Å². The monoisotopic (exact) mass is 342 g/mol. The molecule has 0 aliphatic carbocycles. The van der Waals surface area contributed by atoms with Crippen molar-refractivity contribution in [3.63, 3.8) is 0 Å². The fourth-order valence-electron chi connectivity index (χ4n) is 2.43. The maximum absolute atomic E-state index is 12.7. The van der Waals surface area contributed by atoms with Crippen molar-refractivity contribution in [2.45, 2.75) is 16.2 Å². The summed E-state index contributed by atoms with van der Waals surface area (Å²) < 4.78 is 12.7. The molecule has 0 spiro atoms. The molecular weight excluding hydrogens is 327 g/mol. The molecular formula is C15H16Cl2N2OS. The highest BCUT2D eigenvalue weighted by Gasteiger charge is 2.27. The summed E-state index contributed by atoms with van der Waals surface area (Å²) in [6.45, 7) is 1.41. The normalized spacial score (nSPS) is 15.9. The minimum atomic E-state index is -1.16. The summed E-state index contributed by atoms with van der Waals surface area (Å²) in [5.41, 5.74) is 7.53. The van der Waals surface area contributed by atoms with Crippen LogP contribution in [-0.4, -0.2) is 17.3 Å². The third kappa shape index (κ3) is 2.94. The predicted molar refractivity (Wildman–Crippen MR) is 90.5 cm³/mol. The molecule has 0 radical (unpaired) electrons. The number of nitrogens with zero attached hydrogens (tertiary/aromatic N) is 1. The van der Waals surface area contributed by atoms with E-state index >= 15 is 0 Å². The fourth-order valence-corrected chi connectivity index (χ4v) is 3.96. The van der Waals surface area contributed by atoms with Crippen molar-refractivity contribution < 1.29 is 4.21 Å². The Labute approximate surface area is 138 Å². The topological polar surface area (TPSA) is 46.3 Å². The highest BCUT2D eigenvalue weighted by molar-refractivity contribution is 7.85. The number of hydrogen-bond acceptors (Lipinski definition) is 3. The highest BCUT2D eigenvalue weighted by Crippen LogP contribution is 2.42. The molecule has 6 heteroatoms. The largest absolute Gasteiger partial charge is 0.339 e. The average molecular weight is 343 g/mol. The van der Waals surface area contributed by atoms with Crippen molar-refractivity contribution in [2.75, 3.05) is 18.0 Å². The summed E-state index contributed by atoms with van der Waals surface area (Å²) in [4.78, 5) is 3.81. The van der Waals surface area contributed by atoms with Gasteiger partial charge < -0.3 is 10.6 Å². The molecule has 0 aromatic heterocycles. The Morgan fingerprint density at radius 1 is 1.10 bits per heavy atom. The number of halogens is 2. The molecule has 0 bridgehead atoms. The minimum absolute atomic E-state index is 0. The molecule has 0 saturated carbocycles. The maximum Gasteiger partial charge on any atom is 0.0892 e. The van der Waals surface area contributed by atoms with Crippen LogP contribution in [0.1, 0.15) is 6.42 Å². The van der Waals surface area contributed by atoms with Gasteiger partial charge in [-0.15, -0.1) is 12.4 Å². The number of rotatable bonds is 3. The van der Waals surface area contributed by atoms with Crippen molar-refractivity contribution in [3.05, 3.63) is 47.5 Å². The lowest BCUT2D eigenvalue weighted by Crippen LogP contribution is -2.26. The molecule has 3 nitrogen and oxygen atoms in total. The van der Waals surface area contributed by atoms with E-state index < -0.39 is 10.8 Å². The molecule has 21 heavy (non-hydrogen) atoms. The van der Waals surface area contributed by atoms with Crippen molar-refractivity contribution >= 4 is 46.2 Å². The Morgan fingerprint density at radius 2 is 1.81 bits per heavy atom. The molecule has 1 aliphatic rings. The molecule has 1 aliphatic heterocycles. The lowest BCUT2D eigenvalue weighted by atomic mass is 10.2. The molecule has 3 rings (SSSR count). The summed E-state index contributed by atoms with van der Waals surface area (Å²) in [7, 11) is -1.16. The van der Waals surface area contributed by atoms with Crippen LogP contribution >= 0.6 is 24.0 Å². The van der Waals surface area contributed by atoms with Crippen molar-refractivity contribution in [3.8, 4) is 0 Å². The summed E-state index contributed by atoms with van der Waals surface area (Å²) in [5, 5.41) is 0.651. The summed E-state index contributed by atoms with van der Waals surface area (Å²) >= 11 is 6.10. The van der Waals surface area contributed by atoms with Gasteiger partial charge in [0.25, 0.3) is 0 Å². The Balaban J connectivity index is 0.00000161. The van der Waals surface area contributed by atoms with Crippen LogP contribution in [0.15, 0.2) is 52.3 Å². The summed E-state index contributed by atoms with van der Waals surface area (Å²) in [5.74, 6) is 0. The first-order valence-corrected chi connectivity index (χ1v) is 8.03. The van der Waals surface area contributed by atoms with E-state index in [0.29, 0.717) is 11.6 Å². The number of hydrogen-bond donors (Lipinski definition) is 1. The van der Waals surface area contributed by atoms with E-state index in [4.69, 9.17) is 17.3 Å². The van der Waals surface area contributed by atoms with Gasteiger partial charge in [-0.1, -0.05) is 23.7 Å². The second-order valence-corrected chi connectivity index (χ2v) is 6.50. The van der Waals surface area contributed by atoms with Crippen molar-refractivity contribution in [1.29, 1.82) is 0 Å². The van der Waals surface area contributed by atoms with Crippen LogP contribution in [0.25, 0.3) is 0 Å². The van der Waals surface area contributed by atoms with Crippen LogP contribution < -0.4 is 10.6 Å². The van der Waals surface area contributed by atoms with E-state index in [0.717, 1.165) is 34.1 Å². The first kappa shape index (κ1) is 16.3. The minimum Gasteiger partial charge on any atom is -0.339 e. The SMILES string of the molecule is Cl.NCCCN1c2ccccc2S(=O)c2ccc(Cl)cc21. The molecule has 2 aromatic carbocycles. The summed E-state index contributed by atoms with van der Waals surface area (Å²) in [6, 6.07) is 13.3. The van der Waals surface area contributed by atoms with Gasteiger partial charge in [0.15, 0.2) is 0 Å². The van der Waals surface area contributed by atoms with Gasteiger partial charge in [0.1, 0.15) is 0 Å². The lowest BCUT2D eigenvalue weighted by molar-refractivity contribution is 0.680. The van der Waals surface area contributed by atoms with Crippen molar-refractivity contribution in [1.82, 2.24) is 0 Å². The van der Waals surface area contributed by atoms with Crippen LogP contribution in [0, 0.1) is 0 Å². The molecule has 1 atom stereocenters. The Bertz CT molecular complexity index is 678. The smallest absolute Gasteiger partial charge is 0.0892 e. The van der Waals surface area contributed by atoms with Gasteiger partial charge in [-0.3, -0.25) is 0 Å². The van der Waals surface area contributed by atoms with Gasteiger partial charge in [-0.2, -0.15) is 0 Å². The first-order valence-electron chi connectivity index (χ1n) is 6.50. The van der Waals surface area contributed by atoms with Gasteiger partial charge in [0, 0.05) is 11.6 Å². The average Bonchev–Trinajstić information content (AvgIpc) is 2.47. The predicted octanol–water partition coefficient (Wildman–Crippen LogP) is 3.73. The highest BCUT2D eigenvalue weighted by atomic mass is 35.5. The number of nitrogens with two attached hydrogens (primary N) is 1. The maximum atomic E-state index is 12.7. The Morgan fingerprint density at radius 3 is 2.57 bits per heavy atom. The molecule has 1 unspecified atom stereocenters. The molecule has 0 fully saturated rings. The first-order chi connectivity index (χ1) is 9.72. The number of benzene rings is 2. The van der Waals surface area contributed by atoms with Gasteiger partial charge in [0.2, 0.25) is 0 Å². The third-order valence-electron chi connectivity index (χ3n) is 3.35. The van der Waals surface area contributed by atoms with E-state index in [2.05, 4.69) is 4.90 Å². The zero-order chi connectivity index (χ0) is 14.1.